The number of hydrogen-bond acceptors (Lipinski definition) is 3. The van der Waals surface area contributed by atoms with Gasteiger partial charge >= 0.3 is 0 Å². The maximum Gasteiger partial charge on any atom is 0.129 e. The number of anilines is 1. The second kappa shape index (κ2) is 7.79. The number of rotatable bonds is 7. The Hall–Kier alpha value is -1.88. The highest BCUT2D eigenvalue weighted by atomic mass is 19.1. The topological polar surface area (TPSA) is 33.1 Å². The molecule has 2 aromatic rings. The summed E-state index contributed by atoms with van der Waals surface area (Å²) in [5, 5.41) is 3.44. The Morgan fingerprint density at radius 1 is 1.29 bits per heavy atom. The molecule has 24 heavy (non-hydrogen) atoms. The smallest absolute Gasteiger partial charge is 0.129 e. The average Bonchev–Trinajstić information content (AvgIpc) is 3.21. The predicted octanol–water partition coefficient (Wildman–Crippen LogP) is 3.36. The number of benzene rings is 1. The molecule has 0 aliphatic carbocycles. The predicted molar refractivity (Wildman–Crippen MR) is 95.7 cm³/mol. The second-order valence-corrected chi connectivity index (χ2v) is 6.79. The van der Waals surface area contributed by atoms with E-state index in [9.17, 15) is 4.39 Å². The van der Waals surface area contributed by atoms with Gasteiger partial charge in [0.05, 0.1) is 0 Å². The first-order valence-corrected chi connectivity index (χ1v) is 8.86. The standard InChI is InChI=1S/C19H27FN4/c1-15(14-24-11-8-22-16(24)2)12-21-13-17-18(20)6-5-7-19(17)23-9-3-4-10-23/h5-8,11,15,21H,3-4,9-10,12-14H2,1-2H3. The normalized spacial score (nSPS) is 15.9. The summed E-state index contributed by atoms with van der Waals surface area (Å²) in [6.45, 7) is 8.64. The van der Waals surface area contributed by atoms with Gasteiger partial charge in [-0.3, -0.25) is 0 Å². The molecule has 1 fully saturated rings. The van der Waals surface area contributed by atoms with E-state index < -0.39 is 0 Å². The Kier molecular flexibility index (Phi) is 5.51. The molecule has 1 atom stereocenters. The zero-order chi connectivity index (χ0) is 16.9. The van der Waals surface area contributed by atoms with Crippen LogP contribution in [-0.2, 0) is 13.1 Å². The number of aromatic nitrogens is 2. The minimum atomic E-state index is -0.106. The number of imidazole rings is 1. The minimum Gasteiger partial charge on any atom is -0.371 e. The van der Waals surface area contributed by atoms with E-state index >= 15 is 0 Å². The Morgan fingerprint density at radius 3 is 2.79 bits per heavy atom. The molecule has 3 rings (SSSR count). The van der Waals surface area contributed by atoms with Gasteiger partial charge in [-0.05, 0) is 44.4 Å². The Bertz CT molecular complexity index is 661. The van der Waals surface area contributed by atoms with Crippen molar-refractivity contribution in [3.63, 3.8) is 0 Å². The van der Waals surface area contributed by atoms with Gasteiger partial charge < -0.3 is 14.8 Å². The number of nitrogens with one attached hydrogen (secondary N) is 1. The summed E-state index contributed by atoms with van der Waals surface area (Å²) in [5.74, 6) is 1.39. The molecule has 1 aromatic carbocycles. The largest absolute Gasteiger partial charge is 0.371 e. The summed E-state index contributed by atoms with van der Waals surface area (Å²) in [4.78, 5) is 6.56. The van der Waals surface area contributed by atoms with Crippen LogP contribution < -0.4 is 10.2 Å². The summed E-state index contributed by atoms with van der Waals surface area (Å²) in [7, 11) is 0. The minimum absolute atomic E-state index is 0.106. The zero-order valence-corrected chi connectivity index (χ0v) is 14.6. The molecule has 0 amide bonds. The van der Waals surface area contributed by atoms with Gasteiger partial charge in [-0.15, -0.1) is 0 Å². The summed E-state index contributed by atoms with van der Waals surface area (Å²) in [6.07, 6.45) is 6.24. The molecule has 0 bridgehead atoms. The van der Waals surface area contributed by atoms with E-state index in [2.05, 4.69) is 26.7 Å². The van der Waals surface area contributed by atoms with Crippen molar-refractivity contribution in [2.45, 2.75) is 39.8 Å². The third-order valence-corrected chi connectivity index (χ3v) is 4.77. The van der Waals surface area contributed by atoms with Crippen molar-refractivity contribution in [3.8, 4) is 0 Å². The molecule has 1 aliphatic rings. The van der Waals surface area contributed by atoms with Crippen molar-refractivity contribution in [3.05, 3.63) is 47.8 Å². The first kappa shape index (κ1) is 17.0. The highest BCUT2D eigenvalue weighted by Gasteiger charge is 2.18. The first-order chi connectivity index (χ1) is 11.6. The number of halogens is 1. The fourth-order valence-electron chi connectivity index (χ4n) is 3.42. The van der Waals surface area contributed by atoms with Gasteiger partial charge in [-0.1, -0.05) is 13.0 Å². The number of nitrogens with zero attached hydrogens (tertiary/aromatic N) is 3. The molecule has 0 spiro atoms. The van der Waals surface area contributed by atoms with Crippen LogP contribution >= 0.6 is 0 Å². The van der Waals surface area contributed by atoms with Crippen LogP contribution in [0.3, 0.4) is 0 Å². The Balaban J connectivity index is 1.57. The summed E-state index contributed by atoms with van der Waals surface area (Å²) < 4.78 is 16.5. The van der Waals surface area contributed by atoms with E-state index in [-0.39, 0.29) is 5.82 Å². The lowest BCUT2D eigenvalue weighted by molar-refractivity contribution is 0.437. The second-order valence-electron chi connectivity index (χ2n) is 6.79. The van der Waals surface area contributed by atoms with E-state index in [1.54, 1.807) is 6.07 Å². The third kappa shape index (κ3) is 3.96. The quantitative estimate of drug-likeness (QED) is 0.845. The lowest BCUT2D eigenvalue weighted by Crippen LogP contribution is -2.26. The molecular weight excluding hydrogens is 303 g/mol. The van der Waals surface area contributed by atoms with Crippen LogP contribution in [0, 0.1) is 18.7 Å². The fraction of sp³-hybridized carbons (Fsp3) is 0.526. The lowest BCUT2D eigenvalue weighted by Gasteiger charge is -2.22. The third-order valence-electron chi connectivity index (χ3n) is 4.77. The van der Waals surface area contributed by atoms with Gasteiger partial charge in [-0.25, -0.2) is 9.37 Å². The van der Waals surface area contributed by atoms with Gasteiger partial charge in [0.2, 0.25) is 0 Å². The van der Waals surface area contributed by atoms with Gasteiger partial charge in [0.15, 0.2) is 0 Å². The molecule has 130 valence electrons. The van der Waals surface area contributed by atoms with Crippen LogP contribution in [0.25, 0.3) is 0 Å². The molecule has 2 heterocycles. The molecule has 4 nitrogen and oxygen atoms in total. The fourth-order valence-corrected chi connectivity index (χ4v) is 3.42. The van der Waals surface area contributed by atoms with Crippen molar-refractivity contribution in [2.24, 2.45) is 5.92 Å². The number of aryl methyl sites for hydroxylation is 1. The van der Waals surface area contributed by atoms with Crippen molar-refractivity contribution >= 4 is 5.69 Å². The molecule has 1 unspecified atom stereocenters. The molecule has 0 radical (unpaired) electrons. The van der Waals surface area contributed by atoms with Crippen LogP contribution in [0.5, 0.6) is 0 Å². The van der Waals surface area contributed by atoms with Crippen molar-refractivity contribution in [2.75, 3.05) is 24.5 Å². The van der Waals surface area contributed by atoms with Crippen LogP contribution in [0.4, 0.5) is 10.1 Å². The SMILES string of the molecule is Cc1nccn1CC(C)CNCc1c(F)cccc1N1CCCC1. The highest BCUT2D eigenvalue weighted by Crippen LogP contribution is 2.26. The molecule has 1 aromatic heterocycles. The van der Waals surface area contributed by atoms with Gasteiger partial charge in [0.25, 0.3) is 0 Å². The van der Waals surface area contributed by atoms with Gasteiger partial charge in [0.1, 0.15) is 11.6 Å². The van der Waals surface area contributed by atoms with E-state index in [4.69, 9.17) is 0 Å². The van der Waals surface area contributed by atoms with Crippen molar-refractivity contribution in [1.29, 1.82) is 0 Å². The molecule has 1 N–H and O–H groups in total. The maximum absolute atomic E-state index is 14.3. The molecule has 1 saturated heterocycles. The van der Waals surface area contributed by atoms with E-state index in [0.717, 1.165) is 43.3 Å². The Morgan fingerprint density at radius 2 is 2.08 bits per heavy atom. The van der Waals surface area contributed by atoms with Crippen molar-refractivity contribution in [1.82, 2.24) is 14.9 Å². The van der Waals surface area contributed by atoms with Crippen LogP contribution in [0.1, 0.15) is 31.2 Å². The molecule has 5 heteroatoms. The lowest BCUT2D eigenvalue weighted by atomic mass is 10.1. The average molecular weight is 330 g/mol. The first-order valence-electron chi connectivity index (χ1n) is 8.86. The van der Waals surface area contributed by atoms with E-state index in [1.807, 2.05) is 31.5 Å². The van der Waals surface area contributed by atoms with Crippen LogP contribution in [0.15, 0.2) is 30.6 Å². The van der Waals surface area contributed by atoms with Gasteiger partial charge in [-0.2, -0.15) is 0 Å². The summed E-state index contributed by atoms with van der Waals surface area (Å²) in [5.41, 5.74) is 1.85. The molecule has 1 aliphatic heterocycles. The molecule has 0 saturated carbocycles. The zero-order valence-electron chi connectivity index (χ0n) is 14.6. The summed E-state index contributed by atoms with van der Waals surface area (Å²) in [6, 6.07) is 5.43. The van der Waals surface area contributed by atoms with Crippen molar-refractivity contribution < 1.29 is 4.39 Å². The van der Waals surface area contributed by atoms with Crippen LogP contribution in [-0.4, -0.2) is 29.2 Å². The van der Waals surface area contributed by atoms with Gasteiger partial charge in [0, 0.05) is 49.8 Å². The molecular formula is C19H27FN4. The monoisotopic (exact) mass is 330 g/mol. The number of hydrogen-bond donors (Lipinski definition) is 1. The summed E-state index contributed by atoms with van der Waals surface area (Å²) >= 11 is 0. The van der Waals surface area contributed by atoms with E-state index in [0.29, 0.717) is 12.5 Å². The Labute approximate surface area is 143 Å². The maximum atomic E-state index is 14.3. The van der Waals surface area contributed by atoms with E-state index in [1.165, 1.54) is 12.8 Å². The van der Waals surface area contributed by atoms with Crippen LogP contribution in [0.2, 0.25) is 0 Å². The highest BCUT2D eigenvalue weighted by molar-refractivity contribution is 5.54.